The lowest BCUT2D eigenvalue weighted by molar-refractivity contribution is -0.114. The van der Waals surface area contributed by atoms with Gasteiger partial charge in [0.2, 0.25) is 5.91 Å². The van der Waals surface area contributed by atoms with E-state index in [2.05, 4.69) is 10.3 Å². The second kappa shape index (κ2) is 3.75. The van der Waals surface area contributed by atoms with Crippen molar-refractivity contribution in [2.75, 3.05) is 11.6 Å². The first-order valence-electron chi connectivity index (χ1n) is 3.84. The van der Waals surface area contributed by atoms with Crippen LogP contribution in [0.2, 0.25) is 0 Å². The fourth-order valence-corrected chi connectivity index (χ4v) is 1.73. The van der Waals surface area contributed by atoms with Gasteiger partial charge in [-0.3, -0.25) is 4.79 Å². The van der Waals surface area contributed by atoms with Crippen molar-refractivity contribution in [3.8, 4) is 0 Å². The number of carbonyl (C=O) groups is 1. The molecule has 0 aliphatic rings. The van der Waals surface area contributed by atoms with Crippen LogP contribution in [0.15, 0.2) is 23.2 Å². The van der Waals surface area contributed by atoms with E-state index in [0.717, 1.165) is 6.26 Å². The Kier molecular flexibility index (Phi) is 2.85. The first-order valence-corrected chi connectivity index (χ1v) is 5.73. The minimum absolute atomic E-state index is 0.0233. The predicted octanol–water partition coefficient (Wildman–Crippen LogP) is 0.443. The van der Waals surface area contributed by atoms with Crippen molar-refractivity contribution in [1.29, 1.82) is 0 Å². The summed E-state index contributed by atoms with van der Waals surface area (Å²) in [5, 5.41) is 2.35. The highest BCUT2D eigenvalue weighted by Crippen LogP contribution is 2.17. The van der Waals surface area contributed by atoms with Crippen LogP contribution in [0.4, 0.5) is 5.82 Å². The molecule has 1 heterocycles. The van der Waals surface area contributed by atoms with Crippen molar-refractivity contribution in [3.05, 3.63) is 18.3 Å². The Bertz CT molecular complexity index is 453. The Balaban J connectivity index is 3.23. The van der Waals surface area contributed by atoms with Crippen LogP contribution in [0, 0.1) is 0 Å². The zero-order chi connectivity index (χ0) is 10.8. The van der Waals surface area contributed by atoms with Crippen molar-refractivity contribution >= 4 is 21.6 Å². The summed E-state index contributed by atoms with van der Waals surface area (Å²) in [7, 11) is -3.36. The Labute approximate surface area is 82.1 Å². The van der Waals surface area contributed by atoms with Gasteiger partial charge in [0.15, 0.2) is 15.7 Å². The van der Waals surface area contributed by atoms with Crippen molar-refractivity contribution in [2.24, 2.45) is 0 Å². The van der Waals surface area contributed by atoms with E-state index in [4.69, 9.17) is 0 Å². The lowest BCUT2D eigenvalue weighted by Crippen LogP contribution is -2.11. The number of sulfone groups is 1. The predicted molar refractivity (Wildman–Crippen MR) is 51.7 cm³/mol. The number of aromatic nitrogens is 1. The second-order valence-corrected chi connectivity index (χ2v) is 4.79. The summed E-state index contributed by atoms with van der Waals surface area (Å²) in [5.41, 5.74) is 0. The molecule has 0 aliphatic heterocycles. The third kappa shape index (κ3) is 2.53. The number of carbonyl (C=O) groups excluding carboxylic acids is 1. The summed E-state index contributed by atoms with van der Waals surface area (Å²) in [6, 6.07) is 2.90. The van der Waals surface area contributed by atoms with Gasteiger partial charge in [0, 0.05) is 19.4 Å². The summed E-state index contributed by atoms with van der Waals surface area (Å²) in [6.45, 7) is 1.29. The van der Waals surface area contributed by atoms with Gasteiger partial charge in [-0.2, -0.15) is 0 Å². The van der Waals surface area contributed by atoms with Crippen LogP contribution in [0.3, 0.4) is 0 Å². The summed E-state index contributed by atoms with van der Waals surface area (Å²) in [5.74, 6) is -0.281. The Hall–Kier alpha value is -1.43. The summed E-state index contributed by atoms with van der Waals surface area (Å²) >= 11 is 0. The minimum atomic E-state index is -3.36. The number of nitrogens with one attached hydrogen (secondary N) is 1. The van der Waals surface area contributed by atoms with Gasteiger partial charge in [-0.25, -0.2) is 13.4 Å². The van der Waals surface area contributed by atoms with Gasteiger partial charge in [0.05, 0.1) is 0 Å². The SMILES string of the molecule is CC(=O)Nc1ncccc1S(C)(=O)=O. The smallest absolute Gasteiger partial charge is 0.222 e. The normalized spacial score (nSPS) is 11.0. The molecule has 0 saturated carbocycles. The average molecular weight is 214 g/mol. The molecule has 1 aromatic rings. The van der Waals surface area contributed by atoms with E-state index >= 15 is 0 Å². The van der Waals surface area contributed by atoms with Gasteiger partial charge in [-0.05, 0) is 12.1 Å². The first-order chi connectivity index (χ1) is 6.41. The fraction of sp³-hybridized carbons (Fsp3) is 0.250. The minimum Gasteiger partial charge on any atom is -0.310 e. The lowest BCUT2D eigenvalue weighted by Gasteiger charge is -2.05. The number of pyridine rings is 1. The average Bonchev–Trinajstić information content (AvgIpc) is 2.01. The third-order valence-electron chi connectivity index (χ3n) is 1.46. The standard InChI is InChI=1S/C8H10N2O3S/c1-6(11)10-8-7(14(2,12)13)4-3-5-9-8/h3-5H,1-2H3,(H,9,10,11). The Morgan fingerprint density at radius 2 is 2.14 bits per heavy atom. The lowest BCUT2D eigenvalue weighted by atomic mass is 10.4. The van der Waals surface area contributed by atoms with Crippen LogP contribution in [0.5, 0.6) is 0 Å². The zero-order valence-electron chi connectivity index (χ0n) is 7.81. The molecule has 1 amide bonds. The molecule has 1 rings (SSSR count). The molecule has 6 heteroatoms. The van der Waals surface area contributed by atoms with Crippen LogP contribution in [0.25, 0.3) is 0 Å². The van der Waals surface area contributed by atoms with Gasteiger partial charge in [-0.1, -0.05) is 0 Å². The highest BCUT2D eigenvalue weighted by Gasteiger charge is 2.14. The van der Waals surface area contributed by atoms with E-state index in [1.807, 2.05) is 0 Å². The largest absolute Gasteiger partial charge is 0.310 e. The molecule has 1 N–H and O–H groups in total. The first kappa shape index (κ1) is 10.6. The van der Waals surface area contributed by atoms with Crippen molar-refractivity contribution < 1.29 is 13.2 Å². The molecular formula is C8H10N2O3S. The van der Waals surface area contributed by atoms with E-state index in [-0.39, 0.29) is 16.6 Å². The molecular weight excluding hydrogens is 204 g/mol. The molecule has 1 aromatic heterocycles. The molecule has 0 fully saturated rings. The molecule has 76 valence electrons. The van der Waals surface area contributed by atoms with Crippen LogP contribution in [-0.4, -0.2) is 25.6 Å². The summed E-state index contributed by atoms with van der Waals surface area (Å²) in [4.78, 5) is 14.5. The van der Waals surface area contributed by atoms with Crippen LogP contribution in [0.1, 0.15) is 6.92 Å². The van der Waals surface area contributed by atoms with Gasteiger partial charge in [0.25, 0.3) is 0 Å². The van der Waals surface area contributed by atoms with E-state index in [1.54, 1.807) is 0 Å². The zero-order valence-corrected chi connectivity index (χ0v) is 8.63. The molecule has 5 nitrogen and oxygen atoms in total. The fourth-order valence-electron chi connectivity index (χ4n) is 0.950. The highest BCUT2D eigenvalue weighted by molar-refractivity contribution is 7.90. The molecule has 0 aliphatic carbocycles. The van der Waals surface area contributed by atoms with Crippen molar-refractivity contribution in [2.45, 2.75) is 11.8 Å². The van der Waals surface area contributed by atoms with Crippen molar-refractivity contribution in [1.82, 2.24) is 4.98 Å². The molecule has 14 heavy (non-hydrogen) atoms. The molecule has 0 aromatic carbocycles. The van der Waals surface area contributed by atoms with Crippen LogP contribution in [-0.2, 0) is 14.6 Å². The molecule has 0 saturated heterocycles. The van der Waals surface area contributed by atoms with Gasteiger partial charge < -0.3 is 5.32 Å². The molecule has 0 unspecified atom stereocenters. The maximum Gasteiger partial charge on any atom is 0.222 e. The third-order valence-corrected chi connectivity index (χ3v) is 2.59. The van der Waals surface area contributed by atoms with E-state index < -0.39 is 9.84 Å². The second-order valence-electron chi connectivity index (χ2n) is 2.80. The molecule has 0 radical (unpaired) electrons. The molecule has 0 bridgehead atoms. The van der Waals surface area contributed by atoms with Crippen LogP contribution >= 0.6 is 0 Å². The van der Waals surface area contributed by atoms with E-state index in [0.29, 0.717) is 0 Å². The summed E-state index contributed by atoms with van der Waals surface area (Å²) < 4.78 is 22.5. The number of anilines is 1. The summed E-state index contributed by atoms with van der Waals surface area (Å²) in [6.07, 6.45) is 2.48. The molecule has 0 spiro atoms. The highest BCUT2D eigenvalue weighted by atomic mass is 32.2. The number of nitrogens with zero attached hydrogens (tertiary/aromatic N) is 1. The van der Waals surface area contributed by atoms with E-state index in [1.165, 1.54) is 25.3 Å². The van der Waals surface area contributed by atoms with Crippen molar-refractivity contribution in [3.63, 3.8) is 0 Å². The number of rotatable bonds is 2. The van der Waals surface area contributed by atoms with E-state index in [9.17, 15) is 13.2 Å². The monoisotopic (exact) mass is 214 g/mol. The number of amides is 1. The van der Waals surface area contributed by atoms with Gasteiger partial charge >= 0.3 is 0 Å². The van der Waals surface area contributed by atoms with Crippen LogP contribution < -0.4 is 5.32 Å². The molecule has 0 atom stereocenters. The maximum absolute atomic E-state index is 11.2. The maximum atomic E-state index is 11.2. The Morgan fingerprint density at radius 3 is 2.64 bits per heavy atom. The number of hydrogen-bond donors (Lipinski definition) is 1. The topological polar surface area (TPSA) is 76.1 Å². The Morgan fingerprint density at radius 1 is 1.50 bits per heavy atom. The quantitative estimate of drug-likeness (QED) is 0.775. The van der Waals surface area contributed by atoms with Gasteiger partial charge in [-0.15, -0.1) is 0 Å². The number of hydrogen-bond acceptors (Lipinski definition) is 4. The van der Waals surface area contributed by atoms with Gasteiger partial charge in [0.1, 0.15) is 4.90 Å².